The summed E-state index contributed by atoms with van der Waals surface area (Å²) in [5.74, 6) is -1.74. The molecule has 2 amide bonds. The Morgan fingerprint density at radius 2 is 1.38 bits per heavy atom. The van der Waals surface area contributed by atoms with E-state index in [9.17, 15) is 27.3 Å². The number of alkyl halides is 3. The van der Waals surface area contributed by atoms with Crippen molar-refractivity contribution >= 4 is 19.8 Å². The van der Waals surface area contributed by atoms with E-state index in [1.165, 1.54) is 18.3 Å². The first kappa shape index (κ1) is 35.3. The monoisotopic (exact) mass is 671 g/mol. The molecule has 4 rings (SSSR count). The highest BCUT2D eigenvalue weighted by molar-refractivity contribution is 7.48. The molecule has 1 unspecified atom stereocenters. The molecular weight excluding hydrogens is 638 g/mol. The number of hydrogen-bond acceptors (Lipinski definition) is 7. The molecule has 1 heterocycles. The van der Waals surface area contributed by atoms with E-state index >= 15 is 0 Å². The van der Waals surface area contributed by atoms with Crippen molar-refractivity contribution in [3.63, 3.8) is 0 Å². The van der Waals surface area contributed by atoms with Crippen molar-refractivity contribution < 1.29 is 46.0 Å². The highest BCUT2D eigenvalue weighted by Crippen LogP contribution is 2.55. The predicted molar refractivity (Wildman–Crippen MR) is 167 cm³/mol. The summed E-state index contributed by atoms with van der Waals surface area (Å²) in [4.78, 5) is 27.2. The minimum absolute atomic E-state index is 0.182. The summed E-state index contributed by atoms with van der Waals surface area (Å²) in [6.07, 6.45) is -4.68. The van der Waals surface area contributed by atoms with Crippen LogP contribution >= 0.6 is 7.82 Å². The fraction of sp³-hybridized carbons (Fsp3) is 0.242. The lowest BCUT2D eigenvalue weighted by atomic mass is 9.99. The van der Waals surface area contributed by atoms with Crippen LogP contribution in [0, 0.1) is 0 Å². The van der Waals surface area contributed by atoms with E-state index in [1.807, 2.05) is 5.32 Å². The number of carboxylic acid groups (broad SMARTS) is 1. The zero-order valence-electron chi connectivity index (χ0n) is 25.2. The Morgan fingerprint density at radius 3 is 1.85 bits per heavy atom. The number of amides is 2. The quantitative estimate of drug-likeness (QED) is 0.105. The Balaban J connectivity index is 1.64. The molecule has 0 aliphatic carbocycles. The molecular formula is C33H33F3N3O7P. The first-order chi connectivity index (χ1) is 22.6. The third-order valence-electron chi connectivity index (χ3n) is 6.91. The summed E-state index contributed by atoms with van der Waals surface area (Å²) in [7, 11) is -4.56. The van der Waals surface area contributed by atoms with Crippen LogP contribution < -0.4 is 10.6 Å². The van der Waals surface area contributed by atoms with Gasteiger partial charge in [0.2, 0.25) is 0 Å². The van der Waals surface area contributed by atoms with E-state index in [2.05, 4.69) is 10.3 Å². The Hall–Kier alpha value is -4.55. The first-order valence-electron chi connectivity index (χ1n) is 14.4. The van der Waals surface area contributed by atoms with Crippen LogP contribution in [-0.2, 0) is 36.1 Å². The largest absolute Gasteiger partial charge is 0.476 e. The number of phosphoric acid groups is 1. The van der Waals surface area contributed by atoms with Gasteiger partial charge in [-0.15, -0.1) is 0 Å². The molecule has 47 heavy (non-hydrogen) atoms. The van der Waals surface area contributed by atoms with E-state index in [0.717, 1.165) is 0 Å². The van der Waals surface area contributed by atoms with Gasteiger partial charge in [0.15, 0.2) is 0 Å². The van der Waals surface area contributed by atoms with Crippen LogP contribution in [0.15, 0.2) is 103 Å². The van der Waals surface area contributed by atoms with Crippen LogP contribution in [-0.4, -0.2) is 41.2 Å². The Kier molecular flexibility index (Phi) is 12.7. The molecule has 3 N–H and O–H groups in total. The lowest BCUT2D eigenvalue weighted by molar-refractivity contribution is -0.133. The molecule has 0 bridgehead atoms. The number of rotatable bonds is 16. The van der Waals surface area contributed by atoms with Crippen molar-refractivity contribution in [2.24, 2.45) is 0 Å². The van der Waals surface area contributed by atoms with E-state index in [0.29, 0.717) is 27.9 Å². The standard InChI is InChI=1S/C33H33F3N3O7P/c1-22(38-33(41)42)28-17-16-27(19-37-28)25-12-14-26(15-13-25)30(29(18-34)39-32(40)31(35)36)46-47(43,44-20-23-8-4-2-5-9-23)45-21-24-10-6-3-7-11-24/h2-17,19,22,29-31,38H,18,20-21H2,1H3,(H,39,40)(H,41,42)/t22?,29-,30-/m1/s1. The molecule has 248 valence electrons. The van der Waals surface area contributed by atoms with E-state index in [4.69, 9.17) is 18.7 Å². The Labute approximate surface area is 269 Å². The summed E-state index contributed by atoms with van der Waals surface area (Å²) in [5.41, 5.74) is 3.21. The van der Waals surface area contributed by atoms with E-state index in [-0.39, 0.29) is 18.8 Å². The molecule has 0 saturated carbocycles. The van der Waals surface area contributed by atoms with Gasteiger partial charge in [0, 0.05) is 11.8 Å². The number of nitrogens with zero attached hydrogens (tertiary/aromatic N) is 1. The molecule has 3 atom stereocenters. The minimum atomic E-state index is -4.56. The zero-order valence-corrected chi connectivity index (χ0v) is 26.1. The SMILES string of the molecule is CC(NC(=O)O)c1ccc(-c2ccc([C@@H](OP(=O)(OCc3ccccc3)OCc3ccccc3)[C@@H](CF)NC(=O)C(F)F)cc2)cn1. The number of aromatic nitrogens is 1. The van der Waals surface area contributed by atoms with E-state index < -0.39 is 51.1 Å². The summed E-state index contributed by atoms with van der Waals surface area (Å²) < 4.78 is 72.2. The van der Waals surface area contributed by atoms with E-state index in [1.54, 1.807) is 91.9 Å². The lowest BCUT2D eigenvalue weighted by Gasteiger charge is -2.29. The molecule has 4 aromatic rings. The molecule has 0 aliphatic heterocycles. The molecule has 0 aliphatic rings. The van der Waals surface area contributed by atoms with Gasteiger partial charge in [0.25, 0.3) is 5.91 Å². The van der Waals surface area contributed by atoms with Crippen LogP contribution in [0.2, 0.25) is 0 Å². The van der Waals surface area contributed by atoms with Gasteiger partial charge in [0.1, 0.15) is 12.8 Å². The van der Waals surface area contributed by atoms with Crippen LogP contribution in [0.3, 0.4) is 0 Å². The predicted octanol–water partition coefficient (Wildman–Crippen LogP) is 7.40. The molecule has 0 saturated heterocycles. The fourth-order valence-electron chi connectivity index (χ4n) is 4.46. The normalized spacial score (nSPS) is 13.5. The smallest absolute Gasteiger partial charge is 0.465 e. The van der Waals surface area contributed by atoms with Crippen LogP contribution in [0.5, 0.6) is 0 Å². The summed E-state index contributed by atoms with van der Waals surface area (Å²) >= 11 is 0. The van der Waals surface area contributed by atoms with Crippen molar-refractivity contribution in [1.29, 1.82) is 0 Å². The average molecular weight is 672 g/mol. The maximum atomic E-state index is 14.5. The maximum Gasteiger partial charge on any atom is 0.476 e. The van der Waals surface area contributed by atoms with Crippen molar-refractivity contribution in [1.82, 2.24) is 15.6 Å². The Bertz CT molecular complexity index is 1590. The third kappa shape index (κ3) is 10.5. The number of pyridine rings is 1. The van der Waals surface area contributed by atoms with Gasteiger partial charge in [0.05, 0.1) is 31.0 Å². The summed E-state index contributed by atoms with van der Waals surface area (Å²) in [6.45, 7) is -0.140. The van der Waals surface area contributed by atoms with Gasteiger partial charge in [-0.2, -0.15) is 8.78 Å². The highest BCUT2D eigenvalue weighted by Gasteiger charge is 2.38. The van der Waals surface area contributed by atoms with Crippen molar-refractivity contribution in [3.8, 4) is 11.1 Å². The second-order valence-electron chi connectivity index (χ2n) is 10.3. The number of carbonyl (C=O) groups is 2. The number of benzene rings is 3. The summed E-state index contributed by atoms with van der Waals surface area (Å²) in [5, 5.41) is 13.2. The molecule has 10 nitrogen and oxygen atoms in total. The molecule has 1 aromatic heterocycles. The second kappa shape index (κ2) is 16.8. The molecule has 3 aromatic carbocycles. The maximum absolute atomic E-state index is 14.5. The highest BCUT2D eigenvalue weighted by atomic mass is 31.2. The average Bonchev–Trinajstić information content (AvgIpc) is 3.09. The van der Waals surface area contributed by atoms with Gasteiger partial charge >= 0.3 is 20.3 Å². The number of nitrogens with one attached hydrogen (secondary N) is 2. The first-order valence-corrected chi connectivity index (χ1v) is 15.9. The topological polar surface area (TPSA) is 136 Å². The lowest BCUT2D eigenvalue weighted by Crippen LogP contribution is -2.44. The van der Waals surface area contributed by atoms with Crippen molar-refractivity contribution in [2.45, 2.75) is 44.8 Å². The summed E-state index contributed by atoms with van der Waals surface area (Å²) in [6, 6.07) is 24.8. The zero-order chi connectivity index (χ0) is 33.8. The van der Waals surface area contributed by atoms with Gasteiger partial charge in [-0.25, -0.2) is 13.8 Å². The minimum Gasteiger partial charge on any atom is -0.465 e. The van der Waals surface area contributed by atoms with Gasteiger partial charge < -0.3 is 15.7 Å². The van der Waals surface area contributed by atoms with Crippen LogP contribution in [0.4, 0.5) is 18.0 Å². The van der Waals surface area contributed by atoms with Gasteiger partial charge in [-0.05, 0) is 35.2 Å². The number of hydrogen-bond donors (Lipinski definition) is 3. The number of carbonyl (C=O) groups excluding carboxylic acids is 1. The van der Waals surface area contributed by atoms with Crippen LogP contribution in [0.1, 0.15) is 41.5 Å². The van der Waals surface area contributed by atoms with Gasteiger partial charge in [-0.3, -0.25) is 23.3 Å². The Morgan fingerprint density at radius 1 is 0.830 bits per heavy atom. The van der Waals surface area contributed by atoms with Crippen molar-refractivity contribution in [2.75, 3.05) is 6.67 Å². The van der Waals surface area contributed by atoms with Crippen LogP contribution in [0.25, 0.3) is 11.1 Å². The molecule has 14 heteroatoms. The van der Waals surface area contributed by atoms with Crippen molar-refractivity contribution in [3.05, 3.63) is 126 Å². The number of phosphoric ester groups is 1. The van der Waals surface area contributed by atoms with Gasteiger partial charge in [-0.1, -0.05) is 91.0 Å². The molecule has 0 radical (unpaired) electrons. The fourth-order valence-corrected chi connectivity index (χ4v) is 5.81. The molecule has 0 spiro atoms. The second-order valence-corrected chi connectivity index (χ2v) is 11.9. The third-order valence-corrected chi connectivity index (χ3v) is 8.28. The number of halogens is 3. The molecule has 0 fully saturated rings.